The Morgan fingerprint density at radius 3 is 2.00 bits per heavy atom. The second-order valence-electron chi connectivity index (χ2n) is 7.43. The fourth-order valence-corrected chi connectivity index (χ4v) is 2.93. The van der Waals surface area contributed by atoms with E-state index in [-0.39, 0.29) is 0 Å². The zero-order valence-electron chi connectivity index (χ0n) is 17.8. The molecule has 2 aromatic rings. The highest BCUT2D eigenvalue weighted by Gasteiger charge is 2.05. The molecular formula is C26H38. The number of hydrogen-bond donors (Lipinski definition) is 0. The summed E-state index contributed by atoms with van der Waals surface area (Å²) in [5.41, 5.74) is 7.28. The third kappa shape index (κ3) is 7.60. The summed E-state index contributed by atoms with van der Waals surface area (Å²) in [6.45, 7) is 13.2. The molecule has 2 rings (SSSR count). The quantitative estimate of drug-likeness (QED) is 0.477. The molecule has 0 aromatic heterocycles. The van der Waals surface area contributed by atoms with Crippen molar-refractivity contribution < 1.29 is 0 Å². The van der Waals surface area contributed by atoms with Crippen molar-refractivity contribution in [3.05, 3.63) is 76.4 Å². The van der Waals surface area contributed by atoms with E-state index in [1.54, 1.807) is 0 Å². The first-order valence-electron chi connectivity index (χ1n) is 10.3. The summed E-state index contributed by atoms with van der Waals surface area (Å²) in [7, 11) is 0. The van der Waals surface area contributed by atoms with Crippen LogP contribution in [-0.2, 0) is 19.3 Å². The van der Waals surface area contributed by atoms with Crippen molar-refractivity contribution in [3.63, 3.8) is 0 Å². The molecular weight excluding hydrogens is 312 g/mol. The average molecular weight is 351 g/mol. The molecule has 0 aliphatic heterocycles. The molecule has 0 heterocycles. The highest BCUT2D eigenvalue weighted by atomic mass is 14.1. The van der Waals surface area contributed by atoms with Gasteiger partial charge in [-0.1, -0.05) is 88.7 Å². The van der Waals surface area contributed by atoms with Crippen molar-refractivity contribution in [2.24, 2.45) is 5.92 Å². The van der Waals surface area contributed by atoms with Crippen LogP contribution in [0, 0.1) is 12.8 Å². The van der Waals surface area contributed by atoms with E-state index in [0.717, 1.165) is 25.2 Å². The highest BCUT2D eigenvalue weighted by Crippen LogP contribution is 2.20. The Morgan fingerprint density at radius 1 is 0.846 bits per heavy atom. The van der Waals surface area contributed by atoms with Gasteiger partial charge in [0.25, 0.3) is 0 Å². The first-order chi connectivity index (χ1) is 12.5. The molecule has 0 saturated carbocycles. The molecule has 0 bridgehead atoms. The number of aryl methyl sites for hydroxylation is 4. The van der Waals surface area contributed by atoms with Gasteiger partial charge >= 0.3 is 0 Å². The summed E-state index contributed by atoms with van der Waals surface area (Å²) in [4.78, 5) is 0. The molecule has 0 unspecified atom stereocenters. The van der Waals surface area contributed by atoms with Crippen molar-refractivity contribution in [1.29, 1.82) is 0 Å². The maximum Gasteiger partial charge on any atom is -0.0196 e. The van der Waals surface area contributed by atoms with E-state index in [2.05, 4.69) is 96.2 Å². The van der Waals surface area contributed by atoms with Gasteiger partial charge in [0.1, 0.15) is 0 Å². The van der Waals surface area contributed by atoms with Crippen LogP contribution in [-0.4, -0.2) is 0 Å². The van der Waals surface area contributed by atoms with E-state index < -0.39 is 0 Å². The zero-order chi connectivity index (χ0) is 19.4. The zero-order valence-corrected chi connectivity index (χ0v) is 17.8. The summed E-state index contributed by atoms with van der Waals surface area (Å²) >= 11 is 0. The minimum atomic E-state index is 0.884. The topological polar surface area (TPSA) is 0 Å². The summed E-state index contributed by atoms with van der Waals surface area (Å²) in [5.74, 6) is 0.884. The standard InChI is InChI=1S/C21H26.C5H12/c1-4-10-21-18(5-2)13-8-15-20(21)16-9-14-19-12-7-6-11-17(19)3;1-4-5(2)3/h4,6-8,10-13,15H,5,9,14,16H2,1-3H3;5H,4H2,1-3H3/b10-4-;. The smallest absolute Gasteiger partial charge is 0.0196 e. The molecule has 2 aromatic carbocycles. The van der Waals surface area contributed by atoms with Gasteiger partial charge in [-0.25, -0.2) is 0 Å². The average Bonchev–Trinajstić information content (AvgIpc) is 2.65. The Hall–Kier alpha value is -1.82. The number of benzene rings is 2. The lowest BCUT2D eigenvalue weighted by Gasteiger charge is -2.11. The Bertz CT molecular complexity index is 661. The van der Waals surface area contributed by atoms with E-state index in [1.165, 1.54) is 40.7 Å². The molecule has 0 spiro atoms. The predicted octanol–water partition coefficient (Wildman–Crippen LogP) is 7.82. The third-order valence-corrected chi connectivity index (χ3v) is 4.97. The molecule has 0 radical (unpaired) electrons. The van der Waals surface area contributed by atoms with Crippen LogP contribution in [0.2, 0.25) is 0 Å². The maximum absolute atomic E-state index is 2.28. The van der Waals surface area contributed by atoms with Gasteiger partial charge in [-0.15, -0.1) is 0 Å². The largest absolute Gasteiger partial charge is 0.0870 e. The summed E-state index contributed by atoms with van der Waals surface area (Å²) in [6.07, 6.45) is 10.4. The molecule has 0 amide bonds. The van der Waals surface area contributed by atoms with Gasteiger partial charge in [0.15, 0.2) is 0 Å². The Balaban J connectivity index is 0.000000597. The van der Waals surface area contributed by atoms with Crippen LogP contribution in [0.15, 0.2) is 48.5 Å². The second kappa shape index (κ2) is 12.5. The lowest BCUT2D eigenvalue weighted by molar-refractivity contribution is 0.626. The summed E-state index contributed by atoms with van der Waals surface area (Å²) in [5, 5.41) is 0. The van der Waals surface area contributed by atoms with Gasteiger partial charge in [-0.3, -0.25) is 0 Å². The Morgan fingerprint density at radius 2 is 1.42 bits per heavy atom. The highest BCUT2D eigenvalue weighted by molar-refractivity contribution is 5.58. The molecule has 0 heteroatoms. The fourth-order valence-electron chi connectivity index (χ4n) is 2.93. The summed E-state index contributed by atoms with van der Waals surface area (Å²) in [6, 6.07) is 15.5. The van der Waals surface area contributed by atoms with Gasteiger partial charge in [0.2, 0.25) is 0 Å². The van der Waals surface area contributed by atoms with Gasteiger partial charge in [-0.05, 0) is 73.3 Å². The van der Waals surface area contributed by atoms with Crippen LogP contribution < -0.4 is 0 Å². The van der Waals surface area contributed by atoms with Crippen molar-refractivity contribution in [3.8, 4) is 0 Å². The van der Waals surface area contributed by atoms with Crippen molar-refractivity contribution in [2.45, 2.75) is 73.6 Å². The molecule has 0 N–H and O–H groups in total. The molecule has 0 aliphatic carbocycles. The van der Waals surface area contributed by atoms with Crippen molar-refractivity contribution in [2.75, 3.05) is 0 Å². The van der Waals surface area contributed by atoms with Crippen molar-refractivity contribution >= 4 is 6.08 Å². The second-order valence-corrected chi connectivity index (χ2v) is 7.43. The molecule has 142 valence electrons. The lowest BCUT2D eigenvalue weighted by Crippen LogP contribution is -1.97. The first kappa shape index (κ1) is 22.2. The molecule has 26 heavy (non-hydrogen) atoms. The van der Waals surface area contributed by atoms with Crippen LogP contribution in [0.5, 0.6) is 0 Å². The molecule has 0 atom stereocenters. The number of allylic oxidation sites excluding steroid dienone is 1. The molecule has 0 fully saturated rings. The molecule has 0 saturated heterocycles. The van der Waals surface area contributed by atoms with Gasteiger partial charge in [0.05, 0.1) is 0 Å². The van der Waals surface area contributed by atoms with Crippen LogP contribution in [0.3, 0.4) is 0 Å². The molecule has 0 aliphatic rings. The minimum Gasteiger partial charge on any atom is -0.0870 e. The molecule has 0 nitrogen and oxygen atoms in total. The van der Waals surface area contributed by atoms with Crippen LogP contribution in [0.4, 0.5) is 0 Å². The normalized spacial score (nSPS) is 10.9. The van der Waals surface area contributed by atoms with Crippen LogP contribution in [0.25, 0.3) is 6.08 Å². The Kier molecular flexibility index (Phi) is 10.7. The fraction of sp³-hybridized carbons (Fsp3) is 0.462. The van der Waals surface area contributed by atoms with Gasteiger partial charge in [0, 0.05) is 0 Å². The van der Waals surface area contributed by atoms with Crippen LogP contribution >= 0.6 is 0 Å². The van der Waals surface area contributed by atoms with E-state index in [9.17, 15) is 0 Å². The number of rotatable bonds is 7. The minimum absolute atomic E-state index is 0.884. The van der Waals surface area contributed by atoms with E-state index in [4.69, 9.17) is 0 Å². The first-order valence-corrected chi connectivity index (χ1v) is 10.3. The lowest BCUT2D eigenvalue weighted by atomic mass is 9.94. The SMILES string of the molecule is C/C=C\c1c(CC)cccc1CCCc1ccccc1C.CCC(C)C. The van der Waals surface area contributed by atoms with E-state index in [1.807, 2.05) is 0 Å². The van der Waals surface area contributed by atoms with Crippen molar-refractivity contribution in [1.82, 2.24) is 0 Å². The maximum atomic E-state index is 2.28. The predicted molar refractivity (Wildman–Crippen MR) is 119 cm³/mol. The van der Waals surface area contributed by atoms with E-state index >= 15 is 0 Å². The monoisotopic (exact) mass is 350 g/mol. The van der Waals surface area contributed by atoms with Crippen LogP contribution in [0.1, 0.15) is 75.3 Å². The van der Waals surface area contributed by atoms with E-state index in [0.29, 0.717) is 0 Å². The third-order valence-electron chi connectivity index (χ3n) is 4.97. The Labute approximate surface area is 162 Å². The number of hydrogen-bond acceptors (Lipinski definition) is 0. The van der Waals surface area contributed by atoms with Gasteiger partial charge in [-0.2, -0.15) is 0 Å². The van der Waals surface area contributed by atoms with Gasteiger partial charge < -0.3 is 0 Å². The summed E-state index contributed by atoms with van der Waals surface area (Å²) < 4.78 is 0.